The van der Waals surface area contributed by atoms with Crippen LogP contribution < -0.4 is 0 Å². The van der Waals surface area contributed by atoms with Gasteiger partial charge in [-0.15, -0.1) is 0 Å². The van der Waals surface area contributed by atoms with Crippen LogP contribution in [0, 0.1) is 6.92 Å². The Kier molecular flexibility index (Phi) is 2.32. The van der Waals surface area contributed by atoms with Gasteiger partial charge in [-0.1, -0.05) is 0 Å². The smallest absolute Gasteiger partial charge is 0.339 e. The number of benzene rings is 1. The Morgan fingerprint density at radius 1 is 1.46 bits per heavy atom. The van der Waals surface area contributed by atoms with Gasteiger partial charge in [-0.2, -0.15) is 0 Å². The Morgan fingerprint density at radius 3 is 2.54 bits per heavy atom. The topological polar surface area (TPSA) is 74.6 Å². The number of phenols is 1. The summed E-state index contributed by atoms with van der Waals surface area (Å²) in [5.41, 5.74) is 0.635. The second-order valence-corrected chi connectivity index (χ2v) is 2.65. The van der Waals surface area contributed by atoms with Crippen molar-refractivity contribution in [2.24, 2.45) is 0 Å². The minimum absolute atomic E-state index is 0.192. The Labute approximate surface area is 74.4 Å². The predicted molar refractivity (Wildman–Crippen MR) is 45.2 cm³/mol. The lowest BCUT2D eigenvalue weighted by atomic mass is 10.1. The highest BCUT2D eigenvalue weighted by Crippen LogP contribution is 2.21. The lowest BCUT2D eigenvalue weighted by molar-refractivity contribution is 0.0693. The molecule has 0 bridgehead atoms. The Bertz CT molecular complexity index is 368. The molecule has 0 atom stereocenters. The number of carboxylic acids is 1. The first-order chi connectivity index (χ1) is 6.06. The van der Waals surface area contributed by atoms with Gasteiger partial charge in [0.05, 0.1) is 0 Å². The first-order valence-corrected chi connectivity index (χ1v) is 3.58. The lowest BCUT2D eigenvalue weighted by Crippen LogP contribution is -1.99. The van der Waals surface area contributed by atoms with E-state index in [2.05, 4.69) is 0 Å². The molecule has 0 radical (unpaired) electrons. The molecule has 2 N–H and O–H groups in total. The minimum Gasteiger partial charge on any atom is -0.507 e. The van der Waals surface area contributed by atoms with Gasteiger partial charge in [-0.25, -0.2) is 4.79 Å². The number of carboxylic acid groups (broad SMARTS) is 1. The normalized spacial score (nSPS) is 9.62. The van der Waals surface area contributed by atoms with Gasteiger partial charge in [0.1, 0.15) is 17.6 Å². The van der Waals surface area contributed by atoms with Crippen LogP contribution in [0.3, 0.4) is 0 Å². The molecule has 0 aliphatic heterocycles. The quantitative estimate of drug-likeness (QED) is 0.671. The van der Waals surface area contributed by atoms with Crippen LogP contribution in [0.1, 0.15) is 26.3 Å². The monoisotopic (exact) mass is 180 g/mol. The van der Waals surface area contributed by atoms with Crippen molar-refractivity contribution >= 4 is 12.3 Å². The predicted octanol–water partition coefficient (Wildman–Crippen LogP) is 1.21. The average molecular weight is 180 g/mol. The largest absolute Gasteiger partial charge is 0.507 e. The van der Waals surface area contributed by atoms with Crippen LogP contribution in [0.2, 0.25) is 0 Å². The summed E-state index contributed by atoms with van der Waals surface area (Å²) in [5, 5.41) is 17.8. The van der Waals surface area contributed by atoms with Gasteiger partial charge in [-0.3, -0.25) is 4.79 Å². The zero-order valence-corrected chi connectivity index (χ0v) is 6.94. The Morgan fingerprint density at radius 2 is 2.08 bits per heavy atom. The van der Waals surface area contributed by atoms with Gasteiger partial charge < -0.3 is 10.2 Å². The van der Waals surface area contributed by atoms with Crippen molar-refractivity contribution in [3.05, 3.63) is 28.8 Å². The first kappa shape index (κ1) is 9.25. The number of aromatic hydroxyl groups is 1. The van der Waals surface area contributed by atoms with E-state index in [4.69, 9.17) is 5.11 Å². The fourth-order valence-electron chi connectivity index (χ4n) is 1.01. The van der Waals surface area contributed by atoms with Crippen LogP contribution in [0.25, 0.3) is 0 Å². The summed E-state index contributed by atoms with van der Waals surface area (Å²) in [7, 11) is 0. The number of aldehydes is 1. The molecule has 1 aromatic rings. The van der Waals surface area contributed by atoms with Crippen LogP contribution in [-0.4, -0.2) is 22.5 Å². The number of hydrogen-bond acceptors (Lipinski definition) is 3. The van der Waals surface area contributed by atoms with Crippen molar-refractivity contribution < 1.29 is 19.8 Å². The summed E-state index contributed by atoms with van der Waals surface area (Å²) >= 11 is 0. The van der Waals surface area contributed by atoms with E-state index >= 15 is 0 Å². The van der Waals surface area contributed by atoms with Crippen molar-refractivity contribution in [1.82, 2.24) is 0 Å². The molecular formula is C9H8O4. The molecule has 1 rings (SSSR count). The van der Waals surface area contributed by atoms with Crippen LogP contribution >= 0.6 is 0 Å². The maximum Gasteiger partial charge on any atom is 0.339 e. The van der Waals surface area contributed by atoms with Crippen LogP contribution in [0.15, 0.2) is 12.1 Å². The third-order valence-corrected chi connectivity index (χ3v) is 1.74. The summed E-state index contributed by atoms with van der Waals surface area (Å²) in [6, 6.07) is 2.41. The molecule has 0 fully saturated rings. The molecule has 0 aliphatic rings. The van der Waals surface area contributed by atoms with Crippen molar-refractivity contribution in [2.75, 3.05) is 0 Å². The fourth-order valence-corrected chi connectivity index (χ4v) is 1.01. The molecular weight excluding hydrogens is 172 g/mol. The molecule has 4 nitrogen and oxygen atoms in total. The molecule has 4 heteroatoms. The summed E-state index contributed by atoms with van der Waals surface area (Å²) in [5.74, 6) is -1.60. The van der Waals surface area contributed by atoms with Crippen molar-refractivity contribution in [1.29, 1.82) is 0 Å². The van der Waals surface area contributed by atoms with E-state index in [1.165, 1.54) is 6.07 Å². The number of rotatable bonds is 2. The third-order valence-electron chi connectivity index (χ3n) is 1.74. The highest BCUT2D eigenvalue weighted by Gasteiger charge is 2.11. The van der Waals surface area contributed by atoms with Crippen molar-refractivity contribution in [3.63, 3.8) is 0 Å². The Balaban J connectivity index is 3.36. The van der Waals surface area contributed by atoms with Gasteiger partial charge in [0.15, 0.2) is 0 Å². The van der Waals surface area contributed by atoms with Crippen LogP contribution in [0.5, 0.6) is 5.75 Å². The number of carbonyl (C=O) groups is 2. The fraction of sp³-hybridized carbons (Fsp3) is 0.111. The second-order valence-electron chi connectivity index (χ2n) is 2.65. The van der Waals surface area contributed by atoms with Crippen LogP contribution in [-0.2, 0) is 0 Å². The average Bonchev–Trinajstić information content (AvgIpc) is 2.07. The zero-order chi connectivity index (χ0) is 10.0. The summed E-state index contributed by atoms with van der Waals surface area (Å²) < 4.78 is 0. The molecule has 0 heterocycles. The molecule has 68 valence electrons. The zero-order valence-electron chi connectivity index (χ0n) is 6.94. The van der Waals surface area contributed by atoms with E-state index in [1.807, 2.05) is 0 Å². The van der Waals surface area contributed by atoms with E-state index in [1.54, 1.807) is 6.92 Å². The van der Waals surface area contributed by atoms with Gasteiger partial charge in [0.2, 0.25) is 0 Å². The molecule has 0 aromatic heterocycles. The maximum atomic E-state index is 10.5. The summed E-state index contributed by atoms with van der Waals surface area (Å²) in [4.78, 5) is 20.9. The molecule has 0 spiro atoms. The number of aromatic carboxylic acids is 1. The Hall–Kier alpha value is -1.84. The highest BCUT2D eigenvalue weighted by molar-refractivity contribution is 5.92. The van der Waals surface area contributed by atoms with E-state index in [-0.39, 0.29) is 11.3 Å². The maximum absolute atomic E-state index is 10.5. The SMILES string of the molecule is Cc1cc(C(=O)O)c(O)cc1C=O. The number of carbonyl (C=O) groups excluding carboxylic acids is 1. The minimum atomic E-state index is -1.21. The van der Waals surface area contributed by atoms with Crippen molar-refractivity contribution in [3.8, 4) is 5.75 Å². The van der Waals surface area contributed by atoms with Gasteiger partial charge in [0.25, 0.3) is 0 Å². The van der Waals surface area contributed by atoms with Gasteiger partial charge in [0, 0.05) is 5.56 Å². The lowest BCUT2D eigenvalue weighted by Gasteiger charge is -2.03. The number of aryl methyl sites for hydroxylation is 1. The second kappa shape index (κ2) is 3.26. The standard InChI is InChI=1S/C9H8O4/c1-5-2-7(9(12)13)8(11)3-6(5)4-10/h2-4,11H,1H3,(H,12,13). The third kappa shape index (κ3) is 1.66. The molecule has 0 saturated heterocycles. The van der Waals surface area contributed by atoms with Gasteiger partial charge in [-0.05, 0) is 24.6 Å². The van der Waals surface area contributed by atoms with E-state index < -0.39 is 5.97 Å². The first-order valence-electron chi connectivity index (χ1n) is 3.58. The summed E-state index contributed by atoms with van der Waals surface area (Å²) in [6.45, 7) is 1.61. The molecule has 13 heavy (non-hydrogen) atoms. The van der Waals surface area contributed by atoms with E-state index in [0.717, 1.165) is 6.07 Å². The summed E-state index contributed by atoms with van der Waals surface area (Å²) in [6.07, 6.45) is 0.570. The molecule has 0 unspecified atom stereocenters. The van der Waals surface area contributed by atoms with Crippen LogP contribution in [0.4, 0.5) is 0 Å². The van der Waals surface area contributed by atoms with E-state index in [0.29, 0.717) is 17.4 Å². The highest BCUT2D eigenvalue weighted by atomic mass is 16.4. The van der Waals surface area contributed by atoms with E-state index in [9.17, 15) is 14.7 Å². The molecule has 1 aromatic carbocycles. The molecule has 0 amide bonds. The van der Waals surface area contributed by atoms with Gasteiger partial charge >= 0.3 is 5.97 Å². The number of hydrogen-bond donors (Lipinski definition) is 2. The van der Waals surface area contributed by atoms with Crippen molar-refractivity contribution in [2.45, 2.75) is 6.92 Å². The molecule has 0 saturated carbocycles. The molecule has 0 aliphatic carbocycles.